The second-order valence-electron chi connectivity index (χ2n) is 5.74. The van der Waals surface area contributed by atoms with Gasteiger partial charge in [0.25, 0.3) is 5.91 Å². The lowest BCUT2D eigenvalue weighted by Gasteiger charge is -2.27. The molecule has 3 amide bonds. The number of rotatable bonds is 1. The molecule has 1 aromatic rings. The summed E-state index contributed by atoms with van der Waals surface area (Å²) in [5.41, 5.74) is -0.753. The van der Waals surface area contributed by atoms with E-state index < -0.39 is 28.5 Å². The van der Waals surface area contributed by atoms with E-state index in [9.17, 15) is 22.8 Å². The predicted octanol–water partition coefficient (Wildman–Crippen LogP) is 3.17. The Morgan fingerprint density at radius 2 is 1.80 bits per heavy atom. The Morgan fingerprint density at radius 3 is 2.28 bits per heavy atom. The maximum atomic E-state index is 12.6. The number of urea groups is 1. The summed E-state index contributed by atoms with van der Waals surface area (Å²) in [6.07, 6.45) is -4.47. The van der Waals surface area contributed by atoms with Gasteiger partial charge in [-0.1, -0.05) is 11.8 Å². The molecule has 0 saturated carbocycles. The summed E-state index contributed by atoms with van der Waals surface area (Å²) in [5.74, 6) is -0.550. The molecule has 0 spiro atoms. The van der Waals surface area contributed by atoms with Crippen molar-refractivity contribution in [1.82, 2.24) is 15.2 Å². The fourth-order valence-electron chi connectivity index (χ4n) is 2.10. The van der Waals surface area contributed by atoms with Gasteiger partial charge < -0.3 is 5.32 Å². The summed E-state index contributed by atoms with van der Waals surface area (Å²) in [7, 11) is 2.97. The fraction of sp³-hybridized carbons (Fsp3) is 0.400. The van der Waals surface area contributed by atoms with Crippen LogP contribution in [0.4, 0.5) is 18.0 Å². The minimum absolute atomic E-state index is 0.0780. The molecule has 0 radical (unpaired) electrons. The number of amidine groups is 1. The van der Waals surface area contributed by atoms with Crippen LogP contribution >= 0.6 is 11.8 Å². The van der Waals surface area contributed by atoms with Gasteiger partial charge in [-0.3, -0.25) is 9.69 Å². The third kappa shape index (κ3) is 3.89. The summed E-state index contributed by atoms with van der Waals surface area (Å²) >= 11 is 1.20. The van der Waals surface area contributed by atoms with E-state index in [-0.39, 0.29) is 5.56 Å². The van der Waals surface area contributed by atoms with Crippen molar-refractivity contribution in [2.45, 2.75) is 24.9 Å². The first-order valence-electron chi connectivity index (χ1n) is 7.22. The quantitative estimate of drug-likeness (QED) is 0.821. The minimum Gasteiger partial charge on any atom is -0.341 e. The number of benzene rings is 1. The third-order valence-corrected chi connectivity index (χ3v) is 4.70. The first-order chi connectivity index (χ1) is 11.5. The molecule has 0 atom stereocenters. The van der Waals surface area contributed by atoms with Crippen LogP contribution in [-0.2, 0) is 6.18 Å². The Hall–Kier alpha value is -2.23. The van der Waals surface area contributed by atoms with Crippen molar-refractivity contribution < 1.29 is 22.8 Å². The van der Waals surface area contributed by atoms with Gasteiger partial charge in [0.15, 0.2) is 5.17 Å². The van der Waals surface area contributed by atoms with Crippen LogP contribution in [0, 0.1) is 0 Å². The highest BCUT2D eigenvalue weighted by Gasteiger charge is 2.42. The van der Waals surface area contributed by atoms with Crippen molar-refractivity contribution in [3.63, 3.8) is 0 Å². The standard InChI is InChI=1S/C15H17F3N4O2S/c1-14(2)22(20-13(25-14)21(4)12(24)19-3)11(23)9-5-7-10(8-6-9)15(16,17)18/h5-8H,1-4H3,(H,19,24). The highest BCUT2D eigenvalue weighted by Crippen LogP contribution is 2.38. The predicted molar refractivity (Wildman–Crippen MR) is 88.9 cm³/mol. The lowest BCUT2D eigenvalue weighted by molar-refractivity contribution is -0.137. The fourth-order valence-corrected chi connectivity index (χ4v) is 3.10. The summed E-state index contributed by atoms with van der Waals surface area (Å²) in [6.45, 7) is 3.46. The van der Waals surface area contributed by atoms with Gasteiger partial charge in [-0.2, -0.15) is 13.2 Å². The molecule has 0 saturated heterocycles. The van der Waals surface area contributed by atoms with Gasteiger partial charge in [-0.25, -0.2) is 9.80 Å². The van der Waals surface area contributed by atoms with Crippen molar-refractivity contribution in [3.8, 4) is 0 Å². The van der Waals surface area contributed by atoms with Gasteiger partial charge >= 0.3 is 12.2 Å². The molecule has 1 aliphatic rings. The van der Waals surface area contributed by atoms with Crippen LogP contribution in [0.15, 0.2) is 29.4 Å². The van der Waals surface area contributed by atoms with Crippen LogP contribution < -0.4 is 5.32 Å². The van der Waals surface area contributed by atoms with E-state index in [0.717, 1.165) is 29.3 Å². The van der Waals surface area contributed by atoms with E-state index in [1.807, 2.05) is 0 Å². The number of thioether (sulfide) groups is 1. The van der Waals surface area contributed by atoms with Crippen molar-refractivity contribution >= 4 is 28.9 Å². The molecule has 0 unspecified atom stereocenters. The molecule has 6 nitrogen and oxygen atoms in total. The van der Waals surface area contributed by atoms with E-state index in [1.165, 1.54) is 30.8 Å². The van der Waals surface area contributed by atoms with Crippen LogP contribution in [0.1, 0.15) is 29.8 Å². The van der Waals surface area contributed by atoms with Gasteiger partial charge in [-0.15, -0.1) is 5.10 Å². The van der Waals surface area contributed by atoms with E-state index in [2.05, 4.69) is 10.4 Å². The number of hydrazone groups is 1. The largest absolute Gasteiger partial charge is 0.416 e. The topological polar surface area (TPSA) is 65.0 Å². The number of hydrogen-bond acceptors (Lipinski definition) is 4. The zero-order valence-corrected chi connectivity index (χ0v) is 14.8. The molecule has 0 fully saturated rings. The van der Waals surface area contributed by atoms with E-state index >= 15 is 0 Å². The van der Waals surface area contributed by atoms with Crippen LogP contribution in [-0.4, -0.2) is 46.0 Å². The summed E-state index contributed by atoms with van der Waals surface area (Å²) in [6, 6.07) is 3.53. The molecule has 0 aromatic heterocycles. The van der Waals surface area contributed by atoms with Gasteiger partial charge in [0.1, 0.15) is 4.87 Å². The van der Waals surface area contributed by atoms with Gasteiger partial charge in [-0.05, 0) is 38.1 Å². The first kappa shape index (κ1) is 19.1. The van der Waals surface area contributed by atoms with Crippen LogP contribution in [0.25, 0.3) is 0 Å². The lowest BCUT2D eigenvalue weighted by Crippen LogP contribution is -2.39. The number of nitrogens with zero attached hydrogens (tertiary/aromatic N) is 3. The monoisotopic (exact) mass is 374 g/mol. The maximum absolute atomic E-state index is 12.6. The van der Waals surface area contributed by atoms with E-state index in [4.69, 9.17) is 0 Å². The smallest absolute Gasteiger partial charge is 0.341 e. The van der Waals surface area contributed by atoms with Crippen molar-refractivity contribution in [2.24, 2.45) is 5.10 Å². The summed E-state index contributed by atoms with van der Waals surface area (Å²) < 4.78 is 37.9. The molecule has 2 rings (SSSR count). The summed E-state index contributed by atoms with van der Waals surface area (Å²) in [4.78, 5) is 24.8. The summed E-state index contributed by atoms with van der Waals surface area (Å²) in [5, 5.41) is 8.08. The molecule has 10 heteroatoms. The SMILES string of the molecule is CNC(=O)N(C)C1=NN(C(=O)c2ccc(C(F)(F)F)cc2)C(C)(C)S1. The second kappa shape index (κ2) is 6.58. The normalized spacial score (nSPS) is 16.4. The van der Waals surface area contributed by atoms with Gasteiger partial charge in [0, 0.05) is 19.7 Å². The average molecular weight is 374 g/mol. The minimum atomic E-state index is -4.47. The second-order valence-corrected chi connectivity index (χ2v) is 7.31. The number of amides is 3. The Balaban J connectivity index is 2.28. The number of carbonyl (C=O) groups excluding carboxylic acids is 2. The molecule has 0 bridgehead atoms. The molecule has 1 aliphatic heterocycles. The lowest BCUT2D eigenvalue weighted by atomic mass is 10.1. The highest BCUT2D eigenvalue weighted by molar-refractivity contribution is 8.15. The number of carbonyl (C=O) groups is 2. The number of hydrogen-bond donors (Lipinski definition) is 1. The van der Waals surface area contributed by atoms with Gasteiger partial charge in [0.2, 0.25) is 0 Å². The zero-order valence-electron chi connectivity index (χ0n) is 14.0. The molecule has 1 N–H and O–H groups in total. The number of alkyl halides is 3. The number of halogens is 3. The van der Waals surface area contributed by atoms with E-state index in [1.54, 1.807) is 13.8 Å². The van der Waals surface area contributed by atoms with Crippen LogP contribution in [0.3, 0.4) is 0 Å². The Kier molecular flexibility index (Phi) is 5.03. The van der Waals surface area contributed by atoms with Crippen LogP contribution in [0.5, 0.6) is 0 Å². The zero-order chi connectivity index (χ0) is 19.0. The maximum Gasteiger partial charge on any atom is 0.416 e. The Labute approximate surface area is 147 Å². The molecular weight excluding hydrogens is 357 g/mol. The van der Waals surface area contributed by atoms with Crippen molar-refractivity contribution in [2.75, 3.05) is 14.1 Å². The molecular formula is C15H17F3N4O2S. The molecule has 0 aliphatic carbocycles. The van der Waals surface area contributed by atoms with Crippen molar-refractivity contribution in [3.05, 3.63) is 35.4 Å². The number of nitrogens with one attached hydrogen (secondary N) is 1. The first-order valence-corrected chi connectivity index (χ1v) is 8.04. The van der Waals surface area contributed by atoms with Crippen LogP contribution in [0.2, 0.25) is 0 Å². The molecule has 136 valence electrons. The molecule has 1 aromatic carbocycles. The van der Waals surface area contributed by atoms with Crippen molar-refractivity contribution in [1.29, 1.82) is 0 Å². The average Bonchev–Trinajstić information content (AvgIpc) is 2.87. The van der Waals surface area contributed by atoms with E-state index in [0.29, 0.717) is 5.17 Å². The molecule has 1 heterocycles. The third-order valence-electron chi connectivity index (χ3n) is 3.49. The highest BCUT2D eigenvalue weighted by atomic mass is 32.2. The Morgan fingerprint density at radius 1 is 1.24 bits per heavy atom. The molecule has 25 heavy (non-hydrogen) atoms. The Bertz CT molecular complexity index is 716. The van der Waals surface area contributed by atoms with Gasteiger partial charge in [0.05, 0.1) is 5.56 Å².